The highest BCUT2D eigenvalue weighted by Gasteiger charge is 2.19. The molecule has 2 heterocycles. The van der Waals surface area contributed by atoms with Gasteiger partial charge in [0, 0.05) is 44.1 Å². The molecule has 1 aliphatic heterocycles. The summed E-state index contributed by atoms with van der Waals surface area (Å²) in [6, 6.07) is 22.6. The predicted octanol–water partition coefficient (Wildman–Crippen LogP) is 4.61. The van der Waals surface area contributed by atoms with Crippen LogP contribution in [0.3, 0.4) is 0 Å². The number of aromatic nitrogens is 1. The second-order valence-corrected chi connectivity index (χ2v) is 8.23. The van der Waals surface area contributed by atoms with E-state index in [1.807, 2.05) is 55.6 Å². The van der Waals surface area contributed by atoms with E-state index in [1.165, 1.54) is 11.3 Å². The number of aryl methyl sites for hydroxylation is 1. The molecule has 2 aromatic carbocycles. The van der Waals surface area contributed by atoms with Crippen LogP contribution in [0.25, 0.3) is 6.08 Å². The maximum Gasteiger partial charge on any atom is 0.244 e. The van der Waals surface area contributed by atoms with E-state index in [0.717, 1.165) is 43.1 Å². The van der Waals surface area contributed by atoms with Crippen molar-refractivity contribution in [2.75, 3.05) is 36.0 Å². The smallest absolute Gasteiger partial charge is 0.244 e. The number of benzene rings is 2. The minimum absolute atomic E-state index is 0.0695. The zero-order valence-corrected chi connectivity index (χ0v) is 18.7. The van der Waals surface area contributed by atoms with Crippen molar-refractivity contribution in [2.45, 2.75) is 19.9 Å². The summed E-state index contributed by atoms with van der Waals surface area (Å²) in [7, 11) is 0. The highest BCUT2D eigenvalue weighted by Crippen LogP contribution is 2.23. The van der Waals surface area contributed by atoms with Gasteiger partial charge in [-0.3, -0.25) is 4.79 Å². The summed E-state index contributed by atoms with van der Waals surface area (Å²) in [6.07, 6.45) is 5.29. The molecule has 0 saturated carbocycles. The Balaban J connectivity index is 1.34. The maximum atomic E-state index is 12.4. The number of amides is 1. The van der Waals surface area contributed by atoms with Crippen molar-refractivity contribution in [3.63, 3.8) is 0 Å². The molecule has 32 heavy (non-hydrogen) atoms. The van der Waals surface area contributed by atoms with Crippen molar-refractivity contribution in [3.8, 4) is 0 Å². The molecule has 1 atom stereocenters. The fourth-order valence-electron chi connectivity index (χ4n) is 3.92. The van der Waals surface area contributed by atoms with Crippen LogP contribution in [0.4, 0.5) is 11.5 Å². The summed E-state index contributed by atoms with van der Waals surface area (Å²) >= 11 is 0. The van der Waals surface area contributed by atoms with Gasteiger partial charge in [-0.15, -0.1) is 0 Å². The summed E-state index contributed by atoms with van der Waals surface area (Å²) in [5.74, 6) is 0.948. The SMILES string of the molecule is Cc1ccc(/C=C\C(=O)N[C@@H](C)c2cccc(N3CCN(c4ccccn4)CC3)c2)cc1. The first kappa shape index (κ1) is 21.6. The Labute approximate surface area is 190 Å². The number of hydrogen-bond acceptors (Lipinski definition) is 4. The van der Waals surface area contributed by atoms with Gasteiger partial charge < -0.3 is 15.1 Å². The van der Waals surface area contributed by atoms with E-state index in [-0.39, 0.29) is 11.9 Å². The lowest BCUT2D eigenvalue weighted by atomic mass is 10.1. The van der Waals surface area contributed by atoms with Gasteiger partial charge in [0.2, 0.25) is 5.91 Å². The monoisotopic (exact) mass is 426 g/mol. The molecule has 0 aliphatic carbocycles. The third-order valence-electron chi connectivity index (χ3n) is 5.85. The molecule has 1 saturated heterocycles. The molecule has 1 amide bonds. The molecule has 1 aliphatic rings. The minimum Gasteiger partial charge on any atom is -0.368 e. The van der Waals surface area contributed by atoms with E-state index < -0.39 is 0 Å². The molecule has 5 heteroatoms. The average molecular weight is 427 g/mol. The zero-order chi connectivity index (χ0) is 22.3. The summed E-state index contributed by atoms with van der Waals surface area (Å²) in [5, 5.41) is 3.08. The third kappa shape index (κ3) is 5.55. The Morgan fingerprint density at radius 1 is 0.969 bits per heavy atom. The Morgan fingerprint density at radius 3 is 2.44 bits per heavy atom. The highest BCUT2D eigenvalue weighted by atomic mass is 16.1. The van der Waals surface area contributed by atoms with Crippen molar-refractivity contribution < 1.29 is 4.79 Å². The lowest BCUT2D eigenvalue weighted by Crippen LogP contribution is -2.46. The van der Waals surface area contributed by atoms with Crippen molar-refractivity contribution in [1.29, 1.82) is 0 Å². The highest BCUT2D eigenvalue weighted by molar-refractivity contribution is 5.92. The van der Waals surface area contributed by atoms with Crippen LogP contribution in [-0.2, 0) is 4.79 Å². The number of carbonyl (C=O) groups excluding carboxylic acids is 1. The van der Waals surface area contributed by atoms with Gasteiger partial charge >= 0.3 is 0 Å². The summed E-state index contributed by atoms with van der Waals surface area (Å²) in [4.78, 5) is 21.6. The number of hydrogen-bond donors (Lipinski definition) is 1. The van der Waals surface area contributed by atoms with Crippen LogP contribution >= 0.6 is 0 Å². The second kappa shape index (κ2) is 10.1. The Bertz CT molecular complexity index is 1050. The number of anilines is 2. The quantitative estimate of drug-likeness (QED) is 0.585. The van der Waals surface area contributed by atoms with E-state index in [2.05, 4.69) is 57.4 Å². The molecule has 0 radical (unpaired) electrons. The van der Waals surface area contributed by atoms with E-state index in [1.54, 1.807) is 6.08 Å². The van der Waals surface area contributed by atoms with Gasteiger partial charge in [0.1, 0.15) is 5.82 Å². The van der Waals surface area contributed by atoms with E-state index in [4.69, 9.17) is 0 Å². The molecule has 0 spiro atoms. The van der Waals surface area contributed by atoms with Crippen molar-refractivity contribution >= 4 is 23.5 Å². The average Bonchev–Trinajstić information content (AvgIpc) is 2.84. The first-order valence-corrected chi connectivity index (χ1v) is 11.1. The molecule has 1 N–H and O–H groups in total. The molecular weight excluding hydrogens is 396 g/mol. The zero-order valence-electron chi connectivity index (χ0n) is 18.7. The van der Waals surface area contributed by atoms with Gasteiger partial charge in [-0.05, 0) is 55.3 Å². The first-order valence-electron chi connectivity index (χ1n) is 11.1. The fourth-order valence-corrected chi connectivity index (χ4v) is 3.92. The molecule has 4 rings (SSSR count). The van der Waals surface area contributed by atoms with Gasteiger partial charge in [0.25, 0.3) is 0 Å². The van der Waals surface area contributed by atoms with E-state index in [0.29, 0.717) is 0 Å². The second-order valence-electron chi connectivity index (χ2n) is 8.23. The lowest BCUT2D eigenvalue weighted by Gasteiger charge is -2.37. The van der Waals surface area contributed by atoms with Crippen molar-refractivity contribution in [3.05, 3.63) is 95.7 Å². The van der Waals surface area contributed by atoms with Crippen LogP contribution in [0.2, 0.25) is 0 Å². The first-order chi connectivity index (χ1) is 15.6. The van der Waals surface area contributed by atoms with E-state index >= 15 is 0 Å². The minimum atomic E-state index is -0.0903. The van der Waals surface area contributed by atoms with Gasteiger partial charge in [-0.25, -0.2) is 4.98 Å². The molecular formula is C27H30N4O. The Kier molecular flexibility index (Phi) is 6.85. The molecule has 0 unspecified atom stereocenters. The molecule has 5 nitrogen and oxygen atoms in total. The summed E-state index contributed by atoms with van der Waals surface area (Å²) in [6.45, 7) is 7.85. The fraction of sp³-hybridized carbons (Fsp3) is 0.259. The molecule has 1 aromatic heterocycles. The summed E-state index contributed by atoms with van der Waals surface area (Å²) in [5.41, 5.74) is 4.52. The van der Waals surface area contributed by atoms with Crippen LogP contribution in [0.15, 0.2) is 79.0 Å². The van der Waals surface area contributed by atoms with Crippen LogP contribution in [0.5, 0.6) is 0 Å². The topological polar surface area (TPSA) is 48.5 Å². The van der Waals surface area contributed by atoms with Gasteiger partial charge in [-0.2, -0.15) is 0 Å². The lowest BCUT2D eigenvalue weighted by molar-refractivity contribution is -0.117. The number of pyridine rings is 1. The van der Waals surface area contributed by atoms with Crippen LogP contribution < -0.4 is 15.1 Å². The van der Waals surface area contributed by atoms with Gasteiger partial charge in [-0.1, -0.05) is 48.0 Å². The standard InChI is InChI=1S/C27H30N4O/c1-21-9-11-23(12-10-21)13-14-27(32)29-22(2)24-6-5-7-25(20-24)30-16-18-31(19-17-30)26-8-3-4-15-28-26/h3-15,20,22H,16-19H2,1-2H3,(H,29,32)/b14-13-/t22-/m0/s1. The van der Waals surface area contributed by atoms with Crippen LogP contribution in [-0.4, -0.2) is 37.1 Å². The molecule has 0 bridgehead atoms. The largest absolute Gasteiger partial charge is 0.368 e. The van der Waals surface area contributed by atoms with E-state index in [9.17, 15) is 4.79 Å². The number of nitrogens with zero attached hydrogens (tertiary/aromatic N) is 3. The van der Waals surface area contributed by atoms with Crippen LogP contribution in [0.1, 0.15) is 29.7 Å². The van der Waals surface area contributed by atoms with Crippen molar-refractivity contribution in [1.82, 2.24) is 10.3 Å². The molecule has 1 fully saturated rings. The van der Waals surface area contributed by atoms with Crippen LogP contribution in [0, 0.1) is 6.92 Å². The van der Waals surface area contributed by atoms with Crippen molar-refractivity contribution in [2.24, 2.45) is 0 Å². The number of carbonyl (C=O) groups is 1. The molecule has 164 valence electrons. The predicted molar refractivity (Wildman–Crippen MR) is 132 cm³/mol. The number of piperazine rings is 1. The van der Waals surface area contributed by atoms with Gasteiger partial charge in [0.15, 0.2) is 0 Å². The molecule has 3 aromatic rings. The summed E-state index contributed by atoms with van der Waals surface area (Å²) < 4.78 is 0. The maximum absolute atomic E-state index is 12.4. The van der Waals surface area contributed by atoms with Gasteiger partial charge in [0.05, 0.1) is 6.04 Å². The Morgan fingerprint density at radius 2 is 1.72 bits per heavy atom. The third-order valence-corrected chi connectivity index (χ3v) is 5.85. The Hall–Kier alpha value is -3.60. The number of rotatable bonds is 6. The number of nitrogens with one attached hydrogen (secondary N) is 1. The normalized spacial score (nSPS) is 15.1.